The largest absolute Gasteiger partial charge is 0.379 e. The van der Waals surface area contributed by atoms with Gasteiger partial charge in [-0.2, -0.15) is 0 Å². The van der Waals surface area contributed by atoms with Crippen molar-refractivity contribution >= 4 is 35.6 Å². The van der Waals surface area contributed by atoms with E-state index in [9.17, 15) is 4.39 Å². The summed E-state index contributed by atoms with van der Waals surface area (Å²) >= 11 is 0. The molecular formula is C19H32FIN4O2. The first-order chi connectivity index (χ1) is 12.7. The summed E-state index contributed by atoms with van der Waals surface area (Å²) < 4.78 is 24.3. The fourth-order valence-electron chi connectivity index (χ4n) is 2.76. The van der Waals surface area contributed by atoms with E-state index >= 15 is 0 Å². The van der Waals surface area contributed by atoms with Crippen LogP contribution in [0.25, 0.3) is 0 Å². The van der Waals surface area contributed by atoms with Gasteiger partial charge >= 0.3 is 0 Å². The van der Waals surface area contributed by atoms with Crippen LogP contribution in [0.4, 0.5) is 10.1 Å². The van der Waals surface area contributed by atoms with Gasteiger partial charge in [0, 0.05) is 52.6 Å². The van der Waals surface area contributed by atoms with E-state index in [4.69, 9.17) is 9.47 Å². The Kier molecular flexibility index (Phi) is 12.4. The van der Waals surface area contributed by atoms with Gasteiger partial charge in [-0.25, -0.2) is 4.39 Å². The molecule has 2 rings (SSSR count). The fourth-order valence-corrected chi connectivity index (χ4v) is 2.76. The van der Waals surface area contributed by atoms with E-state index in [1.54, 1.807) is 19.2 Å². The molecule has 1 aliphatic rings. The number of halogens is 2. The summed E-state index contributed by atoms with van der Waals surface area (Å²) in [6, 6.07) is 6.65. The molecular weight excluding hydrogens is 462 g/mol. The lowest BCUT2D eigenvalue weighted by Crippen LogP contribution is -2.39. The predicted molar refractivity (Wildman–Crippen MR) is 119 cm³/mol. The zero-order valence-electron chi connectivity index (χ0n) is 16.2. The van der Waals surface area contributed by atoms with Gasteiger partial charge in [-0.1, -0.05) is 6.07 Å². The highest BCUT2D eigenvalue weighted by Gasteiger charge is 2.15. The predicted octanol–water partition coefficient (Wildman–Crippen LogP) is 2.63. The molecule has 0 spiro atoms. The van der Waals surface area contributed by atoms with Crippen LogP contribution in [0.2, 0.25) is 0 Å². The minimum atomic E-state index is -0.207. The highest BCUT2D eigenvalue weighted by atomic mass is 127. The van der Waals surface area contributed by atoms with Gasteiger partial charge in [-0.05, 0) is 37.5 Å². The van der Waals surface area contributed by atoms with E-state index < -0.39 is 0 Å². The van der Waals surface area contributed by atoms with Crippen LogP contribution in [0, 0.1) is 5.82 Å². The first-order valence-electron chi connectivity index (χ1n) is 9.29. The SMILES string of the molecule is CN=C(NCCCOC1CCOC1)NCCCN(C)c1cccc(F)c1.I. The molecule has 1 heterocycles. The number of ether oxygens (including phenoxy) is 2. The number of nitrogens with one attached hydrogen (secondary N) is 2. The van der Waals surface area contributed by atoms with E-state index in [0.717, 1.165) is 70.4 Å². The first-order valence-corrected chi connectivity index (χ1v) is 9.29. The Morgan fingerprint density at radius 2 is 2.11 bits per heavy atom. The van der Waals surface area contributed by atoms with Crippen LogP contribution in [0.3, 0.4) is 0 Å². The summed E-state index contributed by atoms with van der Waals surface area (Å²) in [6.45, 7) is 4.72. The van der Waals surface area contributed by atoms with Crippen molar-refractivity contribution in [3.05, 3.63) is 30.1 Å². The lowest BCUT2D eigenvalue weighted by atomic mass is 10.2. The van der Waals surface area contributed by atoms with Crippen molar-refractivity contribution in [2.45, 2.75) is 25.4 Å². The first kappa shape index (κ1) is 23.9. The fraction of sp³-hybridized carbons (Fsp3) is 0.632. The molecule has 1 atom stereocenters. The Hall–Kier alpha value is -1.13. The number of hydrogen-bond donors (Lipinski definition) is 2. The molecule has 154 valence electrons. The Balaban J connectivity index is 0.00000364. The number of aliphatic imine (C=N–C) groups is 1. The molecule has 6 nitrogen and oxygen atoms in total. The molecule has 0 bridgehead atoms. The van der Waals surface area contributed by atoms with Crippen LogP contribution in [0.1, 0.15) is 19.3 Å². The van der Waals surface area contributed by atoms with Gasteiger partial charge in [0.2, 0.25) is 0 Å². The summed E-state index contributed by atoms with van der Waals surface area (Å²) in [5, 5.41) is 6.58. The van der Waals surface area contributed by atoms with Crippen LogP contribution in [0.5, 0.6) is 0 Å². The summed E-state index contributed by atoms with van der Waals surface area (Å²) in [6.07, 6.45) is 3.13. The summed E-state index contributed by atoms with van der Waals surface area (Å²) in [5.74, 6) is 0.587. The van der Waals surface area contributed by atoms with Gasteiger partial charge in [-0.3, -0.25) is 4.99 Å². The zero-order valence-corrected chi connectivity index (χ0v) is 18.6. The van der Waals surface area contributed by atoms with Gasteiger partial charge in [0.05, 0.1) is 12.7 Å². The molecule has 0 amide bonds. The highest BCUT2D eigenvalue weighted by Crippen LogP contribution is 2.13. The third-order valence-corrected chi connectivity index (χ3v) is 4.29. The van der Waals surface area contributed by atoms with Gasteiger partial charge in [0.1, 0.15) is 5.82 Å². The number of nitrogens with zero attached hydrogens (tertiary/aromatic N) is 2. The van der Waals surface area contributed by atoms with E-state index in [1.165, 1.54) is 6.07 Å². The minimum absolute atomic E-state index is 0. The Morgan fingerprint density at radius 3 is 2.78 bits per heavy atom. The van der Waals surface area contributed by atoms with Gasteiger partial charge < -0.3 is 25.0 Å². The summed E-state index contributed by atoms with van der Waals surface area (Å²) in [7, 11) is 3.73. The number of benzene rings is 1. The molecule has 1 saturated heterocycles. The molecule has 1 aliphatic heterocycles. The van der Waals surface area contributed by atoms with Gasteiger partial charge in [0.15, 0.2) is 5.96 Å². The van der Waals surface area contributed by atoms with Crippen molar-refractivity contribution in [3.8, 4) is 0 Å². The Morgan fingerprint density at radius 1 is 1.33 bits per heavy atom. The second kappa shape index (κ2) is 14.0. The molecule has 0 aliphatic carbocycles. The Labute approximate surface area is 178 Å². The molecule has 8 heteroatoms. The third-order valence-electron chi connectivity index (χ3n) is 4.29. The van der Waals surface area contributed by atoms with E-state index in [1.807, 2.05) is 18.0 Å². The normalized spacial score (nSPS) is 16.7. The monoisotopic (exact) mass is 494 g/mol. The average Bonchev–Trinajstić information content (AvgIpc) is 3.16. The number of guanidine groups is 1. The smallest absolute Gasteiger partial charge is 0.190 e. The van der Waals surface area contributed by atoms with Crippen LogP contribution in [-0.2, 0) is 9.47 Å². The van der Waals surface area contributed by atoms with Crippen molar-refractivity contribution in [1.82, 2.24) is 10.6 Å². The molecule has 27 heavy (non-hydrogen) atoms. The standard InChI is InChI=1S/C19H31FN4O2.HI/c1-21-19(23-10-5-12-26-18-8-13-25-15-18)22-9-4-11-24(2)17-7-3-6-16(20)14-17;/h3,6-7,14,18H,4-5,8-13,15H2,1-2H3,(H2,21,22,23);1H. The topological polar surface area (TPSA) is 58.1 Å². The Bertz CT molecular complexity index is 556. The van der Waals surface area contributed by atoms with Crippen molar-refractivity contribution in [2.24, 2.45) is 4.99 Å². The third kappa shape index (κ3) is 9.57. The maximum Gasteiger partial charge on any atom is 0.190 e. The lowest BCUT2D eigenvalue weighted by molar-refractivity contribution is 0.0420. The number of hydrogen-bond acceptors (Lipinski definition) is 4. The molecule has 1 unspecified atom stereocenters. The van der Waals surface area contributed by atoms with E-state index in [0.29, 0.717) is 0 Å². The van der Waals surface area contributed by atoms with E-state index in [2.05, 4.69) is 15.6 Å². The summed E-state index contributed by atoms with van der Waals surface area (Å²) in [4.78, 5) is 6.27. The van der Waals surface area contributed by atoms with Gasteiger partial charge in [0.25, 0.3) is 0 Å². The molecule has 1 aromatic carbocycles. The van der Waals surface area contributed by atoms with Crippen LogP contribution in [-0.4, -0.2) is 65.6 Å². The minimum Gasteiger partial charge on any atom is -0.379 e. The highest BCUT2D eigenvalue weighted by molar-refractivity contribution is 14.0. The molecule has 2 N–H and O–H groups in total. The van der Waals surface area contributed by atoms with E-state index in [-0.39, 0.29) is 35.9 Å². The summed E-state index contributed by atoms with van der Waals surface area (Å²) in [5.41, 5.74) is 0.889. The molecule has 1 fully saturated rings. The molecule has 0 saturated carbocycles. The zero-order chi connectivity index (χ0) is 18.6. The second-order valence-corrected chi connectivity index (χ2v) is 6.39. The quantitative estimate of drug-likeness (QED) is 0.227. The average molecular weight is 494 g/mol. The second-order valence-electron chi connectivity index (χ2n) is 6.39. The molecule has 0 aromatic heterocycles. The van der Waals surface area contributed by atoms with Crippen molar-refractivity contribution in [2.75, 3.05) is 58.5 Å². The molecule has 1 aromatic rings. The van der Waals surface area contributed by atoms with Crippen LogP contribution in [0.15, 0.2) is 29.3 Å². The van der Waals surface area contributed by atoms with Crippen LogP contribution < -0.4 is 15.5 Å². The number of anilines is 1. The van der Waals surface area contributed by atoms with Crippen molar-refractivity contribution < 1.29 is 13.9 Å². The van der Waals surface area contributed by atoms with Gasteiger partial charge in [-0.15, -0.1) is 24.0 Å². The van der Waals surface area contributed by atoms with Crippen molar-refractivity contribution in [1.29, 1.82) is 0 Å². The maximum absolute atomic E-state index is 13.3. The van der Waals surface area contributed by atoms with Crippen molar-refractivity contribution in [3.63, 3.8) is 0 Å². The molecule has 0 radical (unpaired) electrons. The lowest BCUT2D eigenvalue weighted by Gasteiger charge is -2.20. The van der Waals surface area contributed by atoms with Crippen LogP contribution >= 0.6 is 24.0 Å². The number of rotatable bonds is 10. The maximum atomic E-state index is 13.3.